The summed E-state index contributed by atoms with van der Waals surface area (Å²) in [5, 5.41) is 9.06. The molecule has 1 rings (SSSR count). The van der Waals surface area contributed by atoms with Crippen LogP contribution in [0.5, 0.6) is 0 Å². The van der Waals surface area contributed by atoms with Crippen molar-refractivity contribution >= 4 is 33.9 Å². The van der Waals surface area contributed by atoms with E-state index in [1.807, 2.05) is 0 Å². The number of rotatable bonds is 4. The second kappa shape index (κ2) is 5.08. The van der Waals surface area contributed by atoms with Crippen LogP contribution in [-0.2, 0) is 11.2 Å². The molecule has 1 atom stereocenters. The molecule has 0 bridgehead atoms. The summed E-state index contributed by atoms with van der Waals surface area (Å²) in [6.07, 6.45) is 2.30. The molecule has 1 unspecified atom stereocenters. The van der Waals surface area contributed by atoms with Gasteiger partial charge < -0.3 is 4.74 Å². The molecule has 0 fully saturated rings. The Labute approximate surface area is 89.7 Å². The summed E-state index contributed by atoms with van der Waals surface area (Å²) in [6.45, 7) is 2.06. The summed E-state index contributed by atoms with van der Waals surface area (Å²) < 4.78 is 6.14. The Kier molecular flexibility index (Phi) is 4.38. The highest BCUT2D eigenvalue weighted by atomic mass is 127. The fourth-order valence-electron chi connectivity index (χ4n) is 0.779. The quantitative estimate of drug-likeness (QED) is 0.799. The fourth-order valence-corrected chi connectivity index (χ4v) is 2.23. The second-order valence-corrected chi connectivity index (χ2v) is 5.35. The lowest BCUT2D eigenvalue weighted by molar-refractivity contribution is 0.111. The van der Waals surface area contributed by atoms with Gasteiger partial charge in [0.1, 0.15) is 5.01 Å². The van der Waals surface area contributed by atoms with E-state index in [1.54, 1.807) is 18.4 Å². The lowest BCUT2D eigenvalue weighted by Crippen LogP contribution is -2.05. The minimum Gasteiger partial charge on any atom is -0.382 e. The zero-order chi connectivity index (χ0) is 8.97. The number of hydrogen-bond donors (Lipinski definition) is 0. The smallest absolute Gasteiger partial charge is 0.178 e. The van der Waals surface area contributed by atoms with Crippen molar-refractivity contribution < 1.29 is 4.74 Å². The summed E-state index contributed by atoms with van der Waals surface area (Å²) >= 11 is 3.83. The van der Waals surface area contributed by atoms with Gasteiger partial charge in [0.2, 0.25) is 0 Å². The van der Waals surface area contributed by atoms with Crippen LogP contribution in [0.3, 0.4) is 0 Å². The predicted molar refractivity (Wildman–Crippen MR) is 57.4 cm³/mol. The molecule has 0 aliphatic carbocycles. The maximum Gasteiger partial charge on any atom is 0.178 e. The van der Waals surface area contributed by atoms with E-state index < -0.39 is 0 Å². The number of nitrogens with zero attached hydrogens (tertiary/aromatic N) is 2. The van der Waals surface area contributed by atoms with E-state index in [0.29, 0.717) is 6.10 Å². The van der Waals surface area contributed by atoms with Crippen molar-refractivity contribution in [1.29, 1.82) is 0 Å². The van der Waals surface area contributed by atoms with Gasteiger partial charge in [-0.15, -0.1) is 10.2 Å². The molecule has 0 aliphatic rings. The minimum atomic E-state index is 0.312. The molecule has 0 amide bonds. The molecule has 1 heterocycles. The summed E-state index contributed by atoms with van der Waals surface area (Å²) in [6, 6.07) is 0. The SMILES string of the molecule is COC(C)CCc1nnc(I)s1. The molecule has 0 spiro atoms. The molecule has 68 valence electrons. The van der Waals surface area contributed by atoms with Crippen LogP contribution in [0, 0.1) is 3.01 Å². The minimum absolute atomic E-state index is 0.312. The van der Waals surface area contributed by atoms with Gasteiger partial charge in [-0.05, 0) is 35.9 Å². The van der Waals surface area contributed by atoms with Gasteiger partial charge in [-0.2, -0.15) is 0 Å². The van der Waals surface area contributed by atoms with Crippen molar-refractivity contribution in [2.75, 3.05) is 7.11 Å². The van der Waals surface area contributed by atoms with Crippen LogP contribution >= 0.6 is 33.9 Å². The van der Waals surface area contributed by atoms with Crippen molar-refractivity contribution in [2.45, 2.75) is 25.9 Å². The Hall–Kier alpha value is 0.250. The molecule has 0 radical (unpaired) electrons. The van der Waals surface area contributed by atoms with Crippen LogP contribution in [-0.4, -0.2) is 23.4 Å². The normalized spacial score (nSPS) is 13.2. The predicted octanol–water partition coefficient (Wildman–Crippen LogP) is 2.11. The number of hydrogen-bond acceptors (Lipinski definition) is 4. The van der Waals surface area contributed by atoms with Crippen molar-refractivity contribution in [1.82, 2.24) is 10.2 Å². The third-order valence-corrected chi connectivity index (χ3v) is 3.26. The molecule has 12 heavy (non-hydrogen) atoms. The molecule has 3 nitrogen and oxygen atoms in total. The zero-order valence-corrected chi connectivity index (χ0v) is 10.1. The first kappa shape index (κ1) is 10.3. The van der Waals surface area contributed by atoms with Gasteiger partial charge in [-0.1, -0.05) is 11.3 Å². The molecule has 1 aromatic heterocycles. The molecule has 0 N–H and O–H groups in total. The molecule has 5 heteroatoms. The largest absolute Gasteiger partial charge is 0.382 e. The first-order valence-electron chi connectivity index (χ1n) is 3.73. The topological polar surface area (TPSA) is 35.0 Å². The van der Waals surface area contributed by atoms with E-state index >= 15 is 0 Å². The average Bonchev–Trinajstić information content (AvgIpc) is 2.47. The van der Waals surface area contributed by atoms with E-state index in [1.165, 1.54) is 0 Å². The Bertz CT molecular complexity index is 241. The molecular weight excluding hydrogens is 287 g/mol. The van der Waals surface area contributed by atoms with Gasteiger partial charge in [0.25, 0.3) is 0 Å². The van der Waals surface area contributed by atoms with Gasteiger partial charge in [0.15, 0.2) is 3.01 Å². The molecule has 0 aliphatic heterocycles. The second-order valence-electron chi connectivity index (χ2n) is 2.53. The number of aryl methyl sites for hydroxylation is 1. The number of methoxy groups -OCH3 is 1. The highest BCUT2D eigenvalue weighted by molar-refractivity contribution is 14.1. The van der Waals surface area contributed by atoms with Crippen molar-refractivity contribution in [3.8, 4) is 0 Å². The van der Waals surface area contributed by atoms with Crippen LogP contribution in [0.2, 0.25) is 0 Å². The Morgan fingerprint density at radius 3 is 2.83 bits per heavy atom. The average molecular weight is 298 g/mol. The number of halogens is 1. The zero-order valence-electron chi connectivity index (χ0n) is 7.08. The molecular formula is C7H11IN2OS. The van der Waals surface area contributed by atoms with E-state index in [9.17, 15) is 0 Å². The Morgan fingerprint density at radius 2 is 2.33 bits per heavy atom. The first-order valence-corrected chi connectivity index (χ1v) is 5.62. The van der Waals surface area contributed by atoms with E-state index in [0.717, 1.165) is 20.9 Å². The lowest BCUT2D eigenvalue weighted by atomic mass is 10.2. The number of aromatic nitrogens is 2. The van der Waals surface area contributed by atoms with Crippen molar-refractivity contribution in [3.05, 3.63) is 8.02 Å². The maximum absolute atomic E-state index is 5.13. The standard InChI is InChI=1S/C7H11IN2OS/c1-5(11-2)3-4-6-9-10-7(8)12-6/h5H,3-4H2,1-2H3. The third kappa shape index (κ3) is 3.32. The summed E-state index contributed by atoms with van der Waals surface area (Å²) in [5.41, 5.74) is 0. The molecule has 1 aromatic rings. The van der Waals surface area contributed by atoms with Gasteiger partial charge in [-0.3, -0.25) is 0 Å². The lowest BCUT2D eigenvalue weighted by Gasteiger charge is -2.05. The van der Waals surface area contributed by atoms with Crippen LogP contribution in [0.1, 0.15) is 18.4 Å². The fraction of sp³-hybridized carbons (Fsp3) is 0.714. The summed E-state index contributed by atoms with van der Waals surface area (Å²) in [4.78, 5) is 0. The molecule has 0 saturated carbocycles. The first-order chi connectivity index (χ1) is 5.72. The highest BCUT2D eigenvalue weighted by Gasteiger charge is 2.04. The Balaban J connectivity index is 2.33. The van der Waals surface area contributed by atoms with Gasteiger partial charge >= 0.3 is 0 Å². The van der Waals surface area contributed by atoms with Crippen LogP contribution in [0.15, 0.2) is 0 Å². The number of ether oxygens (including phenoxy) is 1. The highest BCUT2D eigenvalue weighted by Crippen LogP contribution is 2.14. The van der Waals surface area contributed by atoms with Crippen LogP contribution in [0.25, 0.3) is 0 Å². The van der Waals surface area contributed by atoms with Gasteiger partial charge in [-0.25, -0.2) is 0 Å². The van der Waals surface area contributed by atoms with Crippen LogP contribution in [0.4, 0.5) is 0 Å². The van der Waals surface area contributed by atoms with E-state index in [-0.39, 0.29) is 0 Å². The summed E-state index contributed by atoms with van der Waals surface area (Å²) in [5.74, 6) is 0. The van der Waals surface area contributed by atoms with Gasteiger partial charge in [0.05, 0.1) is 6.10 Å². The summed E-state index contributed by atoms with van der Waals surface area (Å²) in [7, 11) is 1.73. The molecule has 0 aromatic carbocycles. The maximum atomic E-state index is 5.13. The monoisotopic (exact) mass is 298 g/mol. The van der Waals surface area contributed by atoms with E-state index in [4.69, 9.17) is 4.74 Å². The van der Waals surface area contributed by atoms with Crippen LogP contribution < -0.4 is 0 Å². The van der Waals surface area contributed by atoms with Crippen molar-refractivity contribution in [3.63, 3.8) is 0 Å². The van der Waals surface area contributed by atoms with Crippen molar-refractivity contribution in [2.24, 2.45) is 0 Å². The van der Waals surface area contributed by atoms with E-state index in [2.05, 4.69) is 39.7 Å². The third-order valence-electron chi connectivity index (χ3n) is 1.61. The Morgan fingerprint density at radius 1 is 1.58 bits per heavy atom. The van der Waals surface area contributed by atoms with Gasteiger partial charge in [0, 0.05) is 13.5 Å². The molecule has 0 saturated heterocycles.